The summed E-state index contributed by atoms with van der Waals surface area (Å²) in [5, 5.41) is 14.8. The van der Waals surface area contributed by atoms with Gasteiger partial charge in [0.1, 0.15) is 23.0 Å². The summed E-state index contributed by atoms with van der Waals surface area (Å²) in [5.41, 5.74) is 0.161. The molecule has 1 fully saturated rings. The number of aromatic amines is 1. The fraction of sp³-hybridized carbons (Fsp3) is 0.421. The van der Waals surface area contributed by atoms with Gasteiger partial charge in [0, 0.05) is 32.4 Å². The van der Waals surface area contributed by atoms with E-state index < -0.39 is 0 Å². The summed E-state index contributed by atoms with van der Waals surface area (Å²) in [5.74, 6) is 1.20. The van der Waals surface area contributed by atoms with Crippen molar-refractivity contribution in [1.29, 1.82) is 5.26 Å². The predicted octanol–water partition coefficient (Wildman–Crippen LogP) is 0.933. The number of H-pyrrole nitrogens is 1. The number of nitriles is 1. The van der Waals surface area contributed by atoms with E-state index in [-0.39, 0.29) is 22.5 Å². The van der Waals surface area contributed by atoms with Crippen LogP contribution in [0.25, 0.3) is 0 Å². The third-order valence-electron chi connectivity index (χ3n) is 4.54. The molecule has 30 heavy (non-hydrogen) atoms. The summed E-state index contributed by atoms with van der Waals surface area (Å²) in [6, 6.07) is 5.62. The van der Waals surface area contributed by atoms with Crippen molar-refractivity contribution < 1.29 is 14.3 Å². The Balaban J connectivity index is 1.31. The van der Waals surface area contributed by atoms with E-state index in [0.717, 1.165) is 5.82 Å². The zero-order chi connectivity index (χ0) is 21.3. The van der Waals surface area contributed by atoms with Gasteiger partial charge in [-0.15, -0.1) is 0 Å². The monoisotopic (exact) mass is 476 g/mol. The van der Waals surface area contributed by atoms with Crippen molar-refractivity contribution in [2.45, 2.75) is 6.42 Å². The number of aromatic nitrogens is 3. The molecule has 1 aliphatic heterocycles. The number of nitrogens with zero attached hydrogens (tertiary/aromatic N) is 5. The molecule has 10 nitrogen and oxygen atoms in total. The molecule has 1 saturated heterocycles. The molecular formula is C19H21BrN6O4. The van der Waals surface area contributed by atoms with Crippen molar-refractivity contribution in [3.8, 4) is 11.8 Å². The van der Waals surface area contributed by atoms with Crippen molar-refractivity contribution in [2.24, 2.45) is 0 Å². The second-order valence-electron chi connectivity index (χ2n) is 6.47. The Morgan fingerprint density at radius 3 is 2.70 bits per heavy atom. The van der Waals surface area contributed by atoms with E-state index in [2.05, 4.69) is 42.1 Å². The molecular weight excluding hydrogens is 456 g/mol. The minimum Gasteiger partial charge on any atom is -0.488 e. The van der Waals surface area contributed by atoms with E-state index >= 15 is 0 Å². The molecule has 158 valence electrons. The standard InChI is InChI=1S/C19H21BrN6O4/c20-18-15(13-23-24-19(18)28)30-10-9-29-8-3-17(27)26-6-4-25(5-7-26)16-2-1-14(11-21)12-22-16/h1-2,12-13H,3-10H2,(H,24,28). The van der Waals surface area contributed by atoms with E-state index in [9.17, 15) is 9.59 Å². The Morgan fingerprint density at radius 1 is 1.20 bits per heavy atom. The Hall–Kier alpha value is -2.97. The molecule has 0 atom stereocenters. The summed E-state index contributed by atoms with van der Waals surface area (Å²) in [6.45, 7) is 3.46. The summed E-state index contributed by atoms with van der Waals surface area (Å²) in [6.07, 6.45) is 3.26. The number of carbonyl (C=O) groups excluding carboxylic acids is 1. The number of pyridine rings is 1. The first-order valence-electron chi connectivity index (χ1n) is 9.41. The van der Waals surface area contributed by atoms with Gasteiger partial charge in [0.25, 0.3) is 5.56 Å². The molecule has 0 aromatic carbocycles. The summed E-state index contributed by atoms with van der Waals surface area (Å²) in [4.78, 5) is 32.0. The lowest BCUT2D eigenvalue weighted by Gasteiger charge is -2.35. The van der Waals surface area contributed by atoms with Crippen molar-refractivity contribution in [1.82, 2.24) is 20.1 Å². The number of nitrogens with one attached hydrogen (secondary N) is 1. The molecule has 0 spiro atoms. The molecule has 0 unspecified atom stereocenters. The van der Waals surface area contributed by atoms with E-state index in [1.807, 2.05) is 11.0 Å². The first-order chi connectivity index (χ1) is 14.6. The van der Waals surface area contributed by atoms with Crippen molar-refractivity contribution in [2.75, 3.05) is 50.9 Å². The first kappa shape index (κ1) is 21.7. The average molecular weight is 477 g/mol. The van der Waals surface area contributed by atoms with Crippen LogP contribution in [0.3, 0.4) is 0 Å². The third-order valence-corrected chi connectivity index (χ3v) is 5.29. The number of ether oxygens (including phenoxy) is 2. The molecule has 3 heterocycles. The lowest BCUT2D eigenvalue weighted by Crippen LogP contribution is -2.49. The third kappa shape index (κ3) is 5.77. The molecule has 0 radical (unpaired) electrons. The average Bonchev–Trinajstić information content (AvgIpc) is 2.79. The molecule has 0 saturated carbocycles. The molecule has 1 amide bonds. The zero-order valence-electron chi connectivity index (χ0n) is 16.2. The van der Waals surface area contributed by atoms with Crippen LogP contribution in [0.4, 0.5) is 5.82 Å². The van der Waals surface area contributed by atoms with Gasteiger partial charge in [-0.25, -0.2) is 10.1 Å². The Bertz CT molecular complexity index is 951. The second-order valence-corrected chi connectivity index (χ2v) is 7.27. The van der Waals surface area contributed by atoms with Crippen LogP contribution in [0, 0.1) is 11.3 Å². The number of rotatable bonds is 8. The van der Waals surface area contributed by atoms with Crippen LogP contribution < -0.4 is 15.2 Å². The summed E-state index contributed by atoms with van der Waals surface area (Å²) < 4.78 is 11.2. The molecule has 11 heteroatoms. The molecule has 0 bridgehead atoms. The molecule has 1 N–H and O–H groups in total. The highest BCUT2D eigenvalue weighted by Gasteiger charge is 2.21. The fourth-order valence-corrected chi connectivity index (χ4v) is 3.23. The van der Waals surface area contributed by atoms with Crippen LogP contribution in [-0.2, 0) is 9.53 Å². The van der Waals surface area contributed by atoms with Crippen LogP contribution in [0.2, 0.25) is 0 Å². The number of carbonyl (C=O) groups is 1. The maximum atomic E-state index is 12.4. The van der Waals surface area contributed by atoms with E-state index in [0.29, 0.717) is 57.1 Å². The highest BCUT2D eigenvalue weighted by Crippen LogP contribution is 2.18. The normalized spacial score (nSPS) is 13.7. The molecule has 0 aliphatic carbocycles. The van der Waals surface area contributed by atoms with Crippen molar-refractivity contribution in [3.63, 3.8) is 0 Å². The second kappa shape index (κ2) is 10.7. The summed E-state index contributed by atoms with van der Waals surface area (Å²) in [7, 11) is 0. The number of piperazine rings is 1. The van der Waals surface area contributed by atoms with Gasteiger partial charge in [0.15, 0.2) is 5.75 Å². The smallest absolute Gasteiger partial charge is 0.282 e. The fourth-order valence-electron chi connectivity index (χ4n) is 2.92. The lowest BCUT2D eigenvalue weighted by molar-refractivity contribution is -0.132. The van der Waals surface area contributed by atoms with Crippen LogP contribution in [0.1, 0.15) is 12.0 Å². The molecule has 2 aromatic heterocycles. The van der Waals surface area contributed by atoms with Crippen LogP contribution >= 0.6 is 15.9 Å². The lowest BCUT2D eigenvalue weighted by atomic mass is 10.2. The largest absolute Gasteiger partial charge is 0.488 e. The quantitative estimate of drug-likeness (QED) is 0.557. The molecule has 1 aliphatic rings. The van der Waals surface area contributed by atoms with Crippen molar-refractivity contribution >= 4 is 27.7 Å². The van der Waals surface area contributed by atoms with Gasteiger partial charge in [0.05, 0.1) is 31.4 Å². The highest BCUT2D eigenvalue weighted by atomic mass is 79.9. The van der Waals surface area contributed by atoms with Crippen LogP contribution in [0.5, 0.6) is 5.75 Å². The van der Waals surface area contributed by atoms with Gasteiger partial charge in [-0.05, 0) is 28.1 Å². The van der Waals surface area contributed by atoms with Crippen molar-refractivity contribution in [3.05, 3.63) is 44.9 Å². The Labute approximate surface area is 181 Å². The SMILES string of the molecule is N#Cc1ccc(N2CCN(C(=O)CCOCCOc3cn[nH]c(=O)c3Br)CC2)nc1. The van der Waals surface area contributed by atoms with Gasteiger partial charge in [-0.2, -0.15) is 10.4 Å². The summed E-state index contributed by atoms with van der Waals surface area (Å²) >= 11 is 3.13. The van der Waals surface area contributed by atoms with E-state index in [1.165, 1.54) is 6.20 Å². The number of amides is 1. The Morgan fingerprint density at radius 2 is 2.00 bits per heavy atom. The van der Waals surface area contributed by atoms with Gasteiger partial charge in [0.2, 0.25) is 5.91 Å². The van der Waals surface area contributed by atoms with Crippen LogP contribution in [-0.4, -0.2) is 72.0 Å². The highest BCUT2D eigenvalue weighted by molar-refractivity contribution is 9.10. The number of anilines is 1. The first-order valence-corrected chi connectivity index (χ1v) is 10.2. The minimum atomic E-state index is -0.367. The number of halogens is 1. The van der Waals surface area contributed by atoms with E-state index in [1.54, 1.807) is 12.3 Å². The van der Waals surface area contributed by atoms with Gasteiger partial charge in [-0.1, -0.05) is 0 Å². The zero-order valence-corrected chi connectivity index (χ0v) is 17.8. The van der Waals surface area contributed by atoms with Crippen LogP contribution in [0.15, 0.2) is 33.8 Å². The van der Waals surface area contributed by atoms with Gasteiger partial charge >= 0.3 is 0 Å². The molecule has 2 aromatic rings. The minimum absolute atomic E-state index is 0.0462. The Kier molecular flexibility index (Phi) is 7.75. The van der Waals surface area contributed by atoms with Gasteiger partial charge < -0.3 is 19.3 Å². The number of hydrogen-bond donors (Lipinski definition) is 1. The number of hydrogen-bond acceptors (Lipinski definition) is 8. The maximum Gasteiger partial charge on any atom is 0.282 e. The predicted molar refractivity (Wildman–Crippen MR) is 111 cm³/mol. The molecule has 3 rings (SSSR count). The van der Waals surface area contributed by atoms with Gasteiger partial charge in [-0.3, -0.25) is 9.59 Å². The maximum absolute atomic E-state index is 12.4. The topological polar surface area (TPSA) is 124 Å². The van der Waals surface area contributed by atoms with E-state index in [4.69, 9.17) is 14.7 Å².